The Morgan fingerprint density at radius 3 is 1.32 bits per heavy atom. The van der Waals surface area contributed by atoms with Crippen LogP contribution in [0.2, 0.25) is 0 Å². The van der Waals surface area contributed by atoms with Gasteiger partial charge in [0.25, 0.3) is 0 Å². The maximum absolute atomic E-state index is 13.4. The Morgan fingerprint density at radius 1 is 0.487 bits per heavy atom. The molecule has 1 rings (SSSR count). The second kappa shape index (κ2) is 56.6. The lowest BCUT2D eigenvalue weighted by atomic mass is 9.99. The lowest BCUT2D eigenvalue weighted by Gasteiger charge is -2.41. The molecule has 0 aromatic rings. The summed E-state index contributed by atoms with van der Waals surface area (Å²) in [7, 11) is 0. The highest BCUT2D eigenvalue weighted by atomic mass is 16.7. The van der Waals surface area contributed by atoms with E-state index in [0.717, 1.165) is 83.5 Å². The second-order valence-corrected chi connectivity index (χ2v) is 22.8. The molecule has 0 saturated carbocycles. The molecule has 464 valence electrons. The third-order valence-electron chi connectivity index (χ3n) is 15.3. The Morgan fingerprint density at radius 2 is 0.863 bits per heavy atom. The average Bonchev–Trinajstić information content (AvgIpc) is 3.46. The number of unbranched alkanes of at least 4 members (excludes halogenated alkanes) is 32. The van der Waals surface area contributed by atoms with E-state index < -0.39 is 67.4 Å². The third kappa shape index (κ3) is 43.7. The number of hydrogen-bond donors (Lipinski definition) is 6. The summed E-state index contributed by atoms with van der Waals surface area (Å²) in [6.45, 7) is 5.74. The van der Waals surface area contributed by atoms with E-state index in [-0.39, 0.29) is 19.4 Å². The minimum absolute atomic E-state index is 0.116. The standard InChI is InChI=1S/C69H123NO10/c1-4-7-10-13-16-19-22-24-25-26-27-28-29-30-31-32-33-34-35-36-37-39-42-45-48-51-54-57-64(74)80-67-66(76)65(75)63(58-71)79-69(67)78-59-60(61(72)55-52-49-46-43-40-21-18-15-12-9-6-3)70-68(77)62(73)56-53-50-47-44-41-38-23-20-17-14-11-8-5-2/h16,19,24-25,27-28,30-31,41,44,52,55,60-63,65-67,69,71-73,75-76H,4-15,17-18,20-23,26,29,32-40,42-43,45-51,53-54,56-59H2,1-3H3,(H,70,77)/b19-16-,25-24-,28-27-,31-30-,44-41-,55-52+. The van der Waals surface area contributed by atoms with Gasteiger partial charge in [0.15, 0.2) is 12.4 Å². The van der Waals surface area contributed by atoms with Crippen molar-refractivity contribution in [1.29, 1.82) is 0 Å². The predicted molar refractivity (Wildman–Crippen MR) is 333 cm³/mol. The van der Waals surface area contributed by atoms with Crippen molar-refractivity contribution in [3.8, 4) is 0 Å². The minimum atomic E-state index is -1.62. The van der Waals surface area contributed by atoms with Crippen LogP contribution in [0.1, 0.15) is 290 Å². The molecule has 0 aromatic carbocycles. The van der Waals surface area contributed by atoms with Gasteiger partial charge in [0, 0.05) is 6.42 Å². The summed E-state index contributed by atoms with van der Waals surface area (Å²) in [4.78, 5) is 26.6. The quantitative estimate of drug-likeness (QED) is 0.0195. The van der Waals surface area contributed by atoms with Crippen LogP contribution in [0.15, 0.2) is 72.9 Å². The Bertz CT molecular complexity index is 1580. The van der Waals surface area contributed by atoms with Crippen LogP contribution in [0.4, 0.5) is 0 Å². The molecule has 0 aromatic heterocycles. The monoisotopic (exact) mass is 1130 g/mol. The van der Waals surface area contributed by atoms with Crippen LogP contribution >= 0.6 is 0 Å². The molecule has 0 radical (unpaired) electrons. The number of carbonyl (C=O) groups is 2. The van der Waals surface area contributed by atoms with E-state index in [9.17, 15) is 35.1 Å². The number of esters is 1. The van der Waals surface area contributed by atoms with Gasteiger partial charge in [0.1, 0.15) is 24.4 Å². The average molecular weight is 1130 g/mol. The van der Waals surface area contributed by atoms with Crippen molar-refractivity contribution in [2.45, 2.75) is 339 Å². The number of ether oxygens (including phenoxy) is 3. The topological polar surface area (TPSA) is 175 Å². The lowest BCUT2D eigenvalue weighted by Crippen LogP contribution is -2.61. The molecule has 1 saturated heterocycles. The number of amides is 1. The molecule has 6 N–H and O–H groups in total. The summed E-state index contributed by atoms with van der Waals surface area (Å²) >= 11 is 0. The van der Waals surface area contributed by atoms with Crippen LogP contribution in [0.5, 0.6) is 0 Å². The zero-order valence-corrected chi connectivity index (χ0v) is 51.4. The molecule has 1 heterocycles. The van der Waals surface area contributed by atoms with Gasteiger partial charge in [-0.25, -0.2) is 0 Å². The first kappa shape index (κ1) is 75.1. The SMILES string of the molecule is CCCCC/C=C\C/C=C\C/C=C\C/C=C\CCCCCCCCCCCCCC(=O)OC1C(OCC(NC(=O)C(O)CCCC/C=C\CCCCCCCCC)C(O)/C=C/CCCCCCCCCCC)OC(CO)C(O)C1O. The molecule has 0 aliphatic carbocycles. The van der Waals surface area contributed by atoms with Crippen molar-refractivity contribution < 1.29 is 49.3 Å². The summed E-state index contributed by atoms with van der Waals surface area (Å²) in [5.74, 6) is -1.21. The van der Waals surface area contributed by atoms with Gasteiger partial charge in [-0.2, -0.15) is 0 Å². The number of allylic oxidation sites excluding steroid dienone is 11. The molecule has 1 aliphatic rings. The summed E-state index contributed by atoms with van der Waals surface area (Å²) in [5.41, 5.74) is 0. The van der Waals surface area contributed by atoms with E-state index in [2.05, 4.69) is 86.8 Å². The molecular formula is C69H123NO10. The first-order valence-electron chi connectivity index (χ1n) is 33.2. The van der Waals surface area contributed by atoms with Gasteiger partial charge in [-0.1, -0.05) is 261 Å². The summed E-state index contributed by atoms with van der Waals surface area (Å²) in [6, 6.07) is -1.03. The van der Waals surface area contributed by atoms with Gasteiger partial charge in [0.05, 0.1) is 25.4 Å². The van der Waals surface area contributed by atoms with E-state index in [1.54, 1.807) is 6.08 Å². The van der Waals surface area contributed by atoms with E-state index in [1.165, 1.54) is 161 Å². The van der Waals surface area contributed by atoms with E-state index in [1.807, 2.05) is 6.08 Å². The normalized spacial score (nSPS) is 19.2. The Labute approximate surface area is 490 Å². The summed E-state index contributed by atoms with van der Waals surface area (Å²) in [6.07, 6.45) is 62.4. The lowest BCUT2D eigenvalue weighted by molar-refractivity contribution is -0.305. The van der Waals surface area contributed by atoms with Gasteiger partial charge in [-0.15, -0.1) is 0 Å². The van der Waals surface area contributed by atoms with Crippen molar-refractivity contribution in [2.75, 3.05) is 13.2 Å². The van der Waals surface area contributed by atoms with Crippen LogP contribution < -0.4 is 5.32 Å². The highest BCUT2D eigenvalue weighted by Crippen LogP contribution is 2.26. The molecule has 0 bridgehead atoms. The maximum atomic E-state index is 13.4. The molecular weight excluding hydrogens is 1000 g/mol. The number of nitrogens with one attached hydrogen (secondary N) is 1. The van der Waals surface area contributed by atoms with Crippen LogP contribution in [0.25, 0.3) is 0 Å². The van der Waals surface area contributed by atoms with Crippen LogP contribution in [0.3, 0.4) is 0 Å². The van der Waals surface area contributed by atoms with Gasteiger partial charge in [-0.3, -0.25) is 9.59 Å². The van der Waals surface area contributed by atoms with Crippen molar-refractivity contribution in [3.63, 3.8) is 0 Å². The van der Waals surface area contributed by atoms with Gasteiger partial charge < -0.3 is 45.1 Å². The largest absolute Gasteiger partial charge is 0.454 e. The fourth-order valence-corrected chi connectivity index (χ4v) is 10.0. The highest BCUT2D eigenvalue weighted by Gasteiger charge is 2.47. The van der Waals surface area contributed by atoms with Crippen LogP contribution in [-0.4, -0.2) is 99.6 Å². The number of hydrogen-bond acceptors (Lipinski definition) is 10. The predicted octanol–water partition coefficient (Wildman–Crippen LogP) is 16.3. The third-order valence-corrected chi connectivity index (χ3v) is 15.3. The van der Waals surface area contributed by atoms with Crippen LogP contribution in [0, 0.1) is 0 Å². The van der Waals surface area contributed by atoms with Gasteiger partial charge in [-0.05, 0) is 96.3 Å². The zero-order valence-electron chi connectivity index (χ0n) is 51.4. The Kier molecular flexibility index (Phi) is 53.1. The number of carbonyl (C=O) groups excluding carboxylic acids is 2. The van der Waals surface area contributed by atoms with Crippen molar-refractivity contribution >= 4 is 11.9 Å². The fourth-order valence-electron chi connectivity index (χ4n) is 10.0. The number of aliphatic hydroxyl groups is 5. The van der Waals surface area contributed by atoms with Crippen molar-refractivity contribution in [1.82, 2.24) is 5.32 Å². The van der Waals surface area contributed by atoms with E-state index in [0.29, 0.717) is 12.8 Å². The molecule has 11 heteroatoms. The zero-order chi connectivity index (χ0) is 58.2. The highest BCUT2D eigenvalue weighted by molar-refractivity contribution is 5.80. The molecule has 80 heavy (non-hydrogen) atoms. The van der Waals surface area contributed by atoms with Crippen molar-refractivity contribution in [3.05, 3.63) is 72.9 Å². The molecule has 1 amide bonds. The smallest absolute Gasteiger partial charge is 0.306 e. The van der Waals surface area contributed by atoms with E-state index >= 15 is 0 Å². The second-order valence-electron chi connectivity index (χ2n) is 22.8. The number of rotatable bonds is 56. The molecule has 8 atom stereocenters. The first-order valence-corrected chi connectivity index (χ1v) is 33.2. The fraction of sp³-hybridized carbons (Fsp3) is 0.797. The molecule has 1 fully saturated rings. The van der Waals surface area contributed by atoms with Gasteiger partial charge in [0.2, 0.25) is 5.91 Å². The molecule has 0 spiro atoms. The van der Waals surface area contributed by atoms with Gasteiger partial charge >= 0.3 is 5.97 Å². The Hall–Kier alpha value is -2.90. The molecule has 8 unspecified atom stereocenters. The van der Waals surface area contributed by atoms with E-state index in [4.69, 9.17) is 14.2 Å². The summed E-state index contributed by atoms with van der Waals surface area (Å²) in [5, 5.41) is 57.0. The minimum Gasteiger partial charge on any atom is -0.454 e. The Balaban J connectivity index is 2.56. The molecule has 11 nitrogen and oxygen atoms in total. The van der Waals surface area contributed by atoms with Crippen LogP contribution in [-0.2, 0) is 23.8 Å². The first-order chi connectivity index (χ1) is 39.2. The molecule has 1 aliphatic heterocycles. The number of aliphatic hydroxyl groups excluding tert-OH is 5. The summed E-state index contributed by atoms with van der Waals surface area (Å²) < 4.78 is 17.6. The maximum Gasteiger partial charge on any atom is 0.306 e. The van der Waals surface area contributed by atoms with Crippen molar-refractivity contribution in [2.24, 2.45) is 0 Å².